The van der Waals surface area contributed by atoms with E-state index in [9.17, 15) is 19.1 Å². The van der Waals surface area contributed by atoms with E-state index in [1.54, 1.807) is 37.3 Å². The van der Waals surface area contributed by atoms with E-state index in [1.165, 1.54) is 23.1 Å². The lowest BCUT2D eigenvalue weighted by Gasteiger charge is -2.22. The van der Waals surface area contributed by atoms with Crippen molar-refractivity contribution in [3.63, 3.8) is 0 Å². The lowest BCUT2D eigenvalue weighted by Crippen LogP contribution is -2.38. The number of amides is 1. The zero-order valence-corrected chi connectivity index (χ0v) is 18.0. The van der Waals surface area contributed by atoms with Gasteiger partial charge in [-0.2, -0.15) is 0 Å². The number of benzene rings is 2. The summed E-state index contributed by atoms with van der Waals surface area (Å²) in [6, 6.07) is 12.9. The summed E-state index contributed by atoms with van der Waals surface area (Å²) in [4.78, 5) is 25.3. The summed E-state index contributed by atoms with van der Waals surface area (Å²) in [6.07, 6.45) is 0.899. The lowest BCUT2D eigenvalue weighted by atomic mass is 10.1. The Hall–Kier alpha value is -3.13. The second kappa shape index (κ2) is 11.5. The molecule has 32 heavy (non-hydrogen) atoms. The zero-order chi connectivity index (χ0) is 22.9. The van der Waals surface area contributed by atoms with Gasteiger partial charge >= 0.3 is 12.1 Å². The van der Waals surface area contributed by atoms with Crippen LogP contribution in [0.15, 0.2) is 48.5 Å². The fourth-order valence-electron chi connectivity index (χ4n) is 3.18. The number of carboxylic acid groups (broad SMARTS) is 1. The molecule has 0 heterocycles. The Labute approximate surface area is 186 Å². The monoisotopic (exact) mass is 445 g/mol. The molecule has 1 amide bonds. The third-order valence-electron chi connectivity index (χ3n) is 5.09. The van der Waals surface area contributed by atoms with Gasteiger partial charge in [-0.3, -0.25) is 0 Å². The molecular weight excluding hydrogens is 417 g/mol. The Kier molecular flexibility index (Phi) is 8.44. The van der Waals surface area contributed by atoms with Crippen molar-refractivity contribution in [1.29, 1.82) is 0 Å². The van der Waals surface area contributed by atoms with Gasteiger partial charge in [-0.15, -0.1) is 0 Å². The SMILES string of the molecule is CCOC(Cc1ccc(OCCN(CC2CC2)C(=O)Oc2ccccc2F)cc1)C(=O)O. The first-order valence-corrected chi connectivity index (χ1v) is 10.7. The smallest absolute Gasteiger partial charge is 0.415 e. The van der Waals surface area contributed by atoms with E-state index in [0.717, 1.165) is 18.4 Å². The van der Waals surface area contributed by atoms with Crippen LogP contribution in [0.25, 0.3) is 0 Å². The van der Waals surface area contributed by atoms with Crippen molar-refractivity contribution in [2.45, 2.75) is 32.3 Å². The van der Waals surface area contributed by atoms with Gasteiger partial charge in [0.1, 0.15) is 12.4 Å². The minimum absolute atomic E-state index is 0.0958. The molecule has 1 aliphatic rings. The third kappa shape index (κ3) is 7.23. The Morgan fingerprint density at radius 3 is 2.50 bits per heavy atom. The van der Waals surface area contributed by atoms with Crippen LogP contribution in [0.2, 0.25) is 0 Å². The number of carbonyl (C=O) groups is 2. The summed E-state index contributed by atoms with van der Waals surface area (Å²) >= 11 is 0. The third-order valence-corrected chi connectivity index (χ3v) is 5.09. The van der Waals surface area contributed by atoms with Crippen molar-refractivity contribution >= 4 is 12.1 Å². The fraction of sp³-hybridized carbons (Fsp3) is 0.417. The van der Waals surface area contributed by atoms with Crippen molar-refractivity contribution in [1.82, 2.24) is 4.90 Å². The maximum absolute atomic E-state index is 13.8. The normalized spacial score (nSPS) is 13.9. The van der Waals surface area contributed by atoms with Crippen LogP contribution in [0, 0.1) is 11.7 Å². The summed E-state index contributed by atoms with van der Waals surface area (Å²) in [5.74, 6) is -0.634. The number of carboxylic acids is 1. The van der Waals surface area contributed by atoms with Gasteiger partial charge in [0, 0.05) is 19.6 Å². The van der Waals surface area contributed by atoms with Crippen LogP contribution in [-0.4, -0.2) is 54.5 Å². The van der Waals surface area contributed by atoms with E-state index >= 15 is 0 Å². The number of hydrogen-bond acceptors (Lipinski definition) is 5. The number of ether oxygens (including phenoxy) is 3. The number of rotatable bonds is 12. The Morgan fingerprint density at radius 1 is 1.16 bits per heavy atom. The van der Waals surface area contributed by atoms with Gasteiger partial charge in [-0.25, -0.2) is 14.0 Å². The number of carbonyl (C=O) groups excluding carboxylic acids is 1. The highest BCUT2D eigenvalue weighted by Crippen LogP contribution is 2.30. The minimum Gasteiger partial charge on any atom is -0.492 e. The van der Waals surface area contributed by atoms with Crippen molar-refractivity contribution in [2.24, 2.45) is 5.92 Å². The second-order valence-electron chi connectivity index (χ2n) is 7.67. The van der Waals surface area contributed by atoms with Crippen molar-refractivity contribution in [2.75, 3.05) is 26.3 Å². The molecule has 0 radical (unpaired) electrons. The lowest BCUT2D eigenvalue weighted by molar-refractivity contribution is -0.149. The average molecular weight is 445 g/mol. The molecule has 1 atom stereocenters. The number of halogens is 1. The Morgan fingerprint density at radius 2 is 1.88 bits per heavy atom. The standard InChI is InChI=1S/C24H28FNO6/c1-2-30-22(23(27)28)15-17-9-11-19(12-10-17)31-14-13-26(16-18-7-8-18)24(29)32-21-6-4-3-5-20(21)25/h3-6,9-12,18,22H,2,7-8,13-16H2,1H3,(H,27,28). The van der Waals surface area contributed by atoms with E-state index in [2.05, 4.69) is 0 Å². The van der Waals surface area contributed by atoms with E-state index < -0.39 is 24.0 Å². The van der Waals surface area contributed by atoms with Crippen LogP contribution >= 0.6 is 0 Å². The number of nitrogens with zero attached hydrogens (tertiary/aromatic N) is 1. The van der Waals surface area contributed by atoms with Gasteiger partial charge in [0.05, 0.1) is 6.54 Å². The predicted molar refractivity (Wildman–Crippen MR) is 115 cm³/mol. The Bertz CT molecular complexity index is 900. The first kappa shape index (κ1) is 23.5. The van der Waals surface area contributed by atoms with Crippen LogP contribution in [0.5, 0.6) is 11.5 Å². The molecule has 2 aromatic carbocycles. The van der Waals surface area contributed by atoms with E-state index in [4.69, 9.17) is 14.2 Å². The first-order chi connectivity index (χ1) is 15.5. The first-order valence-electron chi connectivity index (χ1n) is 10.7. The molecule has 0 bridgehead atoms. The van der Waals surface area contributed by atoms with Gasteiger partial charge in [0.25, 0.3) is 0 Å². The van der Waals surface area contributed by atoms with Gasteiger partial charge in [0.15, 0.2) is 17.7 Å². The summed E-state index contributed by atoms with van der Waals surface area (Å²) in [6.45, 7) is 3.18. The summed E-state index contributed by atoms with van der Waals surface area (Å²) in [5, 5.41) is 9.20. The number of aliphatic carboxylic acids is 1. The minimum atomic E-state index is -0.995. The molecule has 2 aromatic rings. The summed E-state index contributed by atoms with van der Waals surface area (Å²) < 4.78 is 30.0. The van der Waals surface area contributed by atoms with Crippen LogP contribution < -0.4 is 9.47 Å². The van der Waals surface area contributed by atoms with Crippen molar-refractivity contribution in [3.8, 4) is 11.5 Å². The highest BCUT2D eigenvalue weighted by atomic mass is 19.1. The maximum atomic E-state index is 13.8. The molecule has 1 unspecified atom stereocenters. The van der Waals surface area contributed by atoms with Crippen LogP contribution in [0.1, 0.15) is 25.3 Å². The molecule has 0 aliphatic heterocycles. The van der Waals surface area contributed by atoms with Crippen LogP contribution in [0.3, 0.4) is 0 Å². The summed E-state index contributed by atoms with van der Waals surface area (Å²) in [5.41, 5.74) is 0.821. The molecule has 1 aliphatic carbocycles. The molecule has 172 valence electrons. The van der Waals surface area contributed by atoms with Crippen molar-refractivity contribution < 1.29 is 33.3 Å². The van der Waals surface area contributed by atoms with Crippen molar-refractivity contribution in [3.05, 3.63) is 59.9 Å². The maximum Gasteiger partial charge on any atom is 0.415 e. The quantitative estimate of drug-likeness (QED) is 0.528. The molecule has 1 saturated carbocycles. The molecule has 8 heteroatoms. The average Bonchev–Trinajstić information content (AvgIpc) is 3.59. The number of para-hydroxylation sites is 1. The van der Waals surface area contributed by atoms with Gasteiger partial charge < -0.3 is 24.2 Å². The fourth-order valence-corrected chi connectivity index (χ4v) is 3.18. The summed E-state index contributed by atoms with van der Waals surface area (Å²) in [7, 11) is 0. The predicted octanol–water partition coefficient (Wildman–Crippen LogP) is 4.15. The topological polar surface area (TPSA) is 85.3 Å². The molecule has 1 N–H and O–H groups in total. The molecule has 3 rings (SSSR count). The van der Waals surface area contributed by atoms with Crippen LogP contribution in [0.4, 0.5) is 9.18 Å². The largest absolute Gasteiger partial charge is 0.492 e. The Balaban J connectivity index is 1.51. The molecule has 7 nitrogen and oxygen atoms in total. The van der Waals surface area contributed by atoms with Gasteiger partial charge in [-0.05, 0) is 55.5 Å². The van der Waals surface area contributed by atoms with E-state index in [-0.39, 0.29) is 18.8 Å². The van der Waals surface area contributed by atoms with Gasteiger partial charge in [-0.1, -0.05) is 24.3 Å². The van der Waals surface area contributed by atoms with E-state index in [0.29, 0.717) is 31.4 Å². The molecular formula is C24H28FNO6. The van der Waals surface area contributed by atoms with Gasteiger partial charge in [0.2, 0.25) is 0 Å². The van der Waals surface area contributed by atoms with E-state index in [1.807, 2.05) is 0 Å². The molecule has 0 saturated heterocycles. The zero-order valence-electron chi connectivity index (χ0n) is 18.0. The van der Waals surface area contributed by atoms with Crippen LogP contribution in [-0.2, 0) is 16.0 Å². The highest BCUT2D eigenvalue weighted by molar-refractivity contribution is 5.72. The second-order valence-corrected chi connectivity index (χ2v) is 7.67. The molecule has 0 spiro atoms. The molecule has 1 fully saturated rings. The number of hydrogen-bond donors (Lipinski definition) is 1. The molecule has 0 aromatic heterocycles. The highest BCUT2D eigenvalue weighted by Gasteiger charge is 2.28.